The topological polar surface area (TPSA) is 38.8 Å². The summed E-state index contributed by atoms with van der Waals surface area (Å²) in [5.41, 5.74) is 0.608. The second-order valence-corrected chi connectivity index (χ2v) is 6.51. The lowest BCUT2D eigenvalue weighted by molar-refractivity contribution is -0.0407. The maximum absolute atomic E-state index is 12.5. The molecule has 1 atom stereocenters. The number of likely N-dealkylation sites (tertiary alicyclic amines) is 1. The fraction of sp³-hybridized carbons (Fsp3) is 0.588. The lowest BCUT2D eigenvalue weighted by Crippen LogP contribution is -2.46. The number of carbonyl (C=O) groups is 1. The van der Waals surface area contributed by atoms with Crippen LogP contribution in [-0.4, -0.2) is 48.8 Å². The normalized spacial score (nSPS) is 23.9. The zero-order valence-corrected chi connectivity index (χ0v) is 13.6. The predicted octanol–water partition coefficient (Wildman–Crippen LogP) is 3.14. The Bertz CT molecular complexity index is 523. The van der Waals surface area contributed by atoms with Crippen LogP contribution in [-0.2, 0) is 9.47 Å². The molecule has 3 rings (SSSR count). The number of hydrogen-bond donors (Lipinski definition) is 0. The summed E-state index contributed by atoms with van der Waals surface area (Å²) in [6, 6.07) is 7.08. The van der Waals surface area contributed by atoms with Gasteiger partial charge in [0.2, 0.25) is 0 Å². The molecule has 1 amide bonds. The van der Waals surface area contributed by atoms with Crippen molar-refractivity contribution in [1.29, 1.82) is 0 Å². The smallest absolute Gasteiger partial charge is 0.253 e. The summed E-state index contributed by atoms with van der Waals surface area (Å²) in [7, 11) is 0. The molecule has 1 aromatic carbocycles. The lowest BCUT2D eigenvalue weighted by Gasteiger charge is -2.38. The number of nitrogens with zero attached hydrogens (tertiary/aromatic N) is 1. The van der Waals surface area contributed by atoms with E-state index in [2.05, 4.69) is 0 Å². The van der Waals surface area contributed by atoms with Crippen molar-refractivity contribution in [3.63, 3.8) is 0 Å². The molecule has 4 nitrogen and oxygen atoms in total. The SMILES string of the molecule is CCO[C@H]1COC2(CCN(C(=O)c3ccc(Cl)cc3)CC2)C1. The number of halogens is 1. The van der Waals surface area contributed by atoms with E-state index in [9.17, 15) is 4.79 Å². The molecule has 0 bridgehead atoms. The van der Waals surface area contributed by atoms with Gasteiger partial charge in [-0.05, 0) is 44.0 Å². The third kappa shape index (κ3) is 3.29. The molecule has 0 radical (unpaired) electrons. The number of amides is 1. The van der Waals surface area contributed by atoms with E-state index in [1.807, 2.05) is 11.8 Å². The molecule has 2 fully saturated rings. The first-order valence-corrected chi connectivity index (χ1v) is 8.30. The van der Waals surface area contributed by atoms with Crippen LogP contribution in [0.1, 0.15) is 36.5 Å². The van der Waals surface area contributed by atoms with Crippen LogP contribution in [0, 0.1) is 0 Å². The molecule has 1 spiro atoms. The van der Waals surface area contributed by atoms with E-state index in [4.69, 9.17) is 21.1 Å². The van der Waals surface area contributed by atoms with Crippen LogP contribution < -0.4 is 0 Å². The lowest BCUT2D eigenvalue weighted by atomic mass is 9.87. The third-order valence-electron chi connectivity index (χ3n) is 4.63. The van der Waals surface area contributed by atoms with Crippen molar-refractivity contribution < 1.29 is 14.3 Å². The number of piperidine rings is 1. The number of rotatable bonds is 3. The highest BCUT2D eigenvalue weighted by Gasteiger charge is 2.43. The minimum Gasteiger partial charge on any atom is -0.376 e. The Hall–Kier alpha value is -1.10. The van der Waals surface area contributed by atoms with Crippen molar-refractivity contribution in [2.45, 2.75) is 37.9 Å². The van der Waals surface area contributed by atoms with Gasteiger partial charge in [-0.15, -0.1) is 0 Å². The highest BCUT2D eigenvalue weighted by molar-refractivity contribution is 6.30. The predicted molar refractivity (Wildman–Crippen MR) is 85.3 cm³/mol. The van der Waals surface area contributed by atoms with Gasteiger partial charge in [-0.25, -0.2) is 0 Å². The molecule has 0 aliphatic carbocycles. The van der Waals surface area contributed by atoms with Gasteiger partial charge < -0.3 is 14.4 Å². The van der Waals surface area contributed by atoms with E-state index in [1.54, 1.807) is 24.3 Å². The largest absolute Gasteiger partial charge is 0.376 e. The molecule has 0 unspecified atom stereocenters. The van der Waals surface area contributed by atoms with Crippen LogP contribution in [0.5, 0.6) is 0 Å². The first kappa shape index (κ1) is 15.8. The average molecular weight is 324 g/mol. The molecule has 2 heterocycles. The summed E-state index contributed by atoms with van der Waals surface area (Å²) in [6.45, 7) is 4.89. The first-order valence-electron chi connectivity index (χ1n) is 7.92. The summed E-state index contributed by atoms with van der Waals surface area (Å²) in [5.74, 6) is 0.0749. The van der Waals surface area contributed by atoms with Gasteiger partial charge in [-0.3, -0.25) is 4.79 Å². The van der Waals surface area contributed by atoms with E-state index >= 15 is 0 Å². The Morgan fingerprint density at radius 1 is 1.36 bits per heavy atom. The van der Waals surface area contributed by atoms with Gasteiger partial charge in [0.15, 0.2) is 0 Å². The van der Waals surface area contributed by atoms with E-state index in [0.717, 1.165) is 39.0 Å². The fourth-order valence-corrected chi connectivity index (χ4v) is 3.51. The fourth-order valence-electron chi connectivity index (χ4n) is 3.39. The number of benzene rings is 1. The van der Waals surface area contributed by atoms with Crippen LogP contribution in [0.3, 0.4) is 0 Å². The van der Waals surface area contributed by atoms with E-state index in [1.165, 1.54) is 0 Å². The molecule has 0 aromatic heterocycles. The van der Waals surface area contributed by atoms with Gasteiger partial charge in [0.05, 0.1) is 18.3 Å². The molecule has 2 aliphatic heterocycles. The highest BCUT2D eigenvalue weighted by Crippen LogP contribution is 2.37. The second-order valence-electron chi connectivity index (χ2n) is 6.07. The van der Waals surface area contributed by atoms with Crippen molar-refractivity contribution >= 4 is 17.5 Å². The van der Waals surface area contributed by atoms with E-state index < -0.39 is 0 Å². The first-order chi connectivity index (χ1) is 10.6. The summed E-state index contributed by atoms with van der Waals surface area (Å²) >= 11 is 5.87. The molecule has 1 aromatic rings. The van der Waals surface area contributed by atoms with Crippen LogP contribution in [0.25, 0.3) is 0 Å². The molecule has 2 saturated heterocycles. The van der Waals surface area contributed by atoms with Gasteiger partial charge in [-0.2, -0.15) is 0 Å². The Morgan fingerprint density at radius 2 is 2.05 bits per heavy atom. The second kappa shape index (κ2) is 6.57. The van der Waals surface area contributed by atoms with Crippen molar-refractivity contribution in [3.8, 4) is 0 Å². The van der Waals surface area contributed by atoms with Crippen LogP contribution in [0.4, 0.5) is 0 Å². The molecule has 0 saturated carbocycles. The molecule has 22 heavy (non-hydrogen) atoms. The van der Waals surface area contributed by atoms with Crippen LogP contribution in [0.2, 0.25) is 5.02 Å². The third-order valence-corrected chi connectivity index (χ3v) is 4.88. The van der Waals surface area contributed by atoms with E-state index in [0.29, 0.717) is 17.2 Å². The summed E-state index contributed by atoms with van der Waals surface area (Å²) in [4.78, 5) is 14.4. The Kier molecular flexibility index (Phi) is 4.71. The summed E-state index contributed by atoms with van der Waals surface area (Å²) < 4.78 is 11.7. The van der Waals surface area contributed by atoms with Crippen molar-refractivity contribution in [3.05, 3.63) is 34.9 Å². The average Bonchev–Trinajstić information content (AvgIpc) is 2.91. The minimum absolute atomic E-state index is 0.0749. The van der Waals surface area contributed by atoms with Gasteiger partial charge in [0, 0.05) is 36.7 Å². The number of carbonyl (C=O) groups excluding carboxylic acids is 1. The maximum atomic E-state index is 12.5. The Balaban J connectivity index is 1.58. The summed E-state index contributed by atoms with van der Waals surface area (Å²) in [5, 5.41) is 0.649. The zero-order chi connectivity index (χ0) is 15.6. The molecular weight excluding hydrogens is 302 g/mol. The van der Waals surface area contributed by atoms with Gasteiger partial charge >= 0.3 is 0 Å². The molecule has 2 aliphatic rings. The standard InChI is InChI=1S/C17H22ClNO3/c1-2-21-15-11-17(22-12-15)7-9-19(10-8-17)16(20)13-3-5-14(18)6-4-13/h3-6,15H,2,7-12H2,1H3/t15-/m1/s1. The minimum atomic E-state index is -0.0867. The monoisotopic (exact) mass is 323 g/mol. The number of hydrogen-bond acceptors (Lipinski definition) is 3. The van der Waals surface area contributed by atoms with Gasteiger partial charge in [-0.1, -0.05) is 11.6 Å². The van der Waals surface area contributed by atoms with Crippen molar-refractivity contribution in [2.75, 3.05) is 26.3 Å². The molecule has 0 N–H and O–H groups in total. The van der Waals surface area contributed by atoms with E-state index in [-0.39, 0.29) is 17.6 Å². The molecule has 120 valence electrons. The van der Waals surface area contributed by atoms with Crippen molar-refractivity contribution in [1.82, 2.24) is 4.90 Å². The van der Waals surface area contributed by atoms with Gasteiger partial charge in [0.1, 0.15) is 0 Å². The van der Waals surface area contributed by atoms with Crippen molar-refractivity contribution in [2.24, 2.45) is 0 Å². The zero-order valence-electron chi connectivity index (χ0n) is 12.9. The van der Waals surface area contributed by atoms with Crippen LogP contribution in [0.15, 0.2) is 24.3 Å². The molecular formula is C17H22ClNO3. The van der Waals surface area contributed by atoms with Gasteiger partial charge in [0.25, 0.3) is 5.91 Å². The molecule has 5 heteroatoms. The Morgan fingerprint density at radius 3 is 2.68 bits per heavy atom. The highest BCUT2D eigenvalue weighted by atomic mass is 35.5. The summed E-state index contributed by atoms with van der Waals surface area (Å²) in [6.07, 6.45) is 2.93. The maximum Gasteiger partial charge on any atom is 0.253 e. The van der Waals surface area contributed by atoms with Crippen LogP contribution >= 0.6 is 11.6 Å². The Labute approximate surface area is 136 Å². The number of ether oxygens (including phenoxy) is 2. The quantitative estimate of drug-likeness (QED) is 0.857.